The molecule has 0 aliphatic carbocycles. The molecule has 5 nitrogen and oxygen atoms in total. The number of carbonyl (C=O) groups excluding carboxylic acids is 1. The number of nitrogens with zero attached hydrogens (tertiary/aromatic N) is 2. The summed E-state index contributed by atoms with van der Waals surface area (Å²) >= 11 is 2.92. The van der Waals surface area contributed by atoms with Gasteiger partial charge in [-0.05, 0) is 17.9 Å². The van der Waals surface area contributed by atoms with E-state index in [1.54, 1.807) is 11.8 Å². The maximum atomic E-state index is 12.1. The Morgan fingerprint density at radius 1 is 1.42 bits per heavy atom. The number of nitrogens with one attached hydrogen (secondary N) is 1. The lowest BCUT2D eigenvalue weighted by molar-refractivity contribution is 0.0948. The summed E-state index contributed by atoms with van der Waals surface area (Å²) in [4.78, 5) is 13.1. The number of hydrogen-bond donors (Lipinski definition) is 2. The fourth-order valence-corrected chi connectivity index (χ4v) is 2.88. The summed E-state index contributed by atoms with van der Waals surface area (Å²) in [7, 11) is 0. The van der Waals surface area contributed by atoms with E-state index >= 15 is 0 Å². The van der Waals surface area contributed by atoms with Crippen molar-refractivity contribution in [3.8, 4) is 0 Å². The highest BCUT2D eigenvalue weighted by Crippen LogP contribution is 2.22. The first-order valence-corrected chi connectivity index (χ1v) is 7.58. The molecular weight excluding hydrogens is 280 g/mol. The van der Waals surface area contributed by atoms with Gasteiger partial charge in [0, 0.05) is 4.90 Å². The Labute approximate surface area is 119 Å². The SMILES string of the molecule is CCSc1ccccc1C(=O)NCc1nnc(N)s1. The number of benzene rings is 1. The van der Waals surface area contributed by atoms with Gasteiger partial charge in [0.2, 0.25) is 5.13 Å². The molecule has 19 heavy (non-hydrogen) atoms. The Balaban J connectivity index is 2.03. The van der Waals surface area contributed by atoms with Gasteiger partial charge in [-0.3, -0.25) is 4.79 Å². The molecule has 0 radical (unpaired) electrons. The van der Waals surface area contributed by atoms with E-state index in [1.165, 1.54) is 11.3 Å². The van der Waals surface area contributed by atoms with Gasteiger partial charge in [0.15, 0.2) is 0 Å². The minimum atomic E-state index is -0.106. The van der Waals surface area contributed by atoms with Crippen LogP contribution in [0.15, 0.2) is 29.2 Å². The van der Waals surface area contributed by atoms with Crippen LogP contribution >= 0.6 is 23.1 Å². The first-order chi connectivity index (χ1) is 9.20. The molecule has 0 aliphatic heterocycles. The number of aromatic nitrogens is 2. The van der Waals surface area contributed by atoms with E-state index in [9.17, 15) is 4.79 Å². The summed E-state index contributed by atoms with van der Waals surface area (Å²) in [6, 6.07) is 7.56. The fraction of sp³-hybridized carbons (Fsp3) is 0.250. The van der Waals surface area contributed by atoms with Crippen molar-refractivity contribution in [2.24, 2.45) is 0 Å². The topological polar surface area (TPSA) is 80.9 Å². The zero-order chi connectivity index (χ0) is 13.7. The van der Waals surface area contributed by atoms with Gasteiger partial charge in [0.05, 0.1) is 12.1 Å². The lowest BCUT2D eigenvalue weighted by atomic mass is 10.2. The Kier molecular flexibility index (Phi) is 4.75. The molecule has 1 aromatic carbocycles. The molecule has 0 fully saturated rings. The van der Waals surface area contributed by atoms with Crippen LogP contribution in [0, 0.1) is 0 Å². The van der Waals surface area contributed by atoms with E-state index in [4.69, 9.17) is 5.73 Å². The van der Waals surface area contributed by atoms with Crippen molar-refractivity contribution in [3.05, 3.63) is 34.8 Å². The number of carbonyl (C=O) groups is 1. The second-order valence-electron chi connectivity index (χ2n) is 3.65. The Morgan fingerprint density at radius 2 is 2.21 bits per heavy atom. The lowest BCUT2D eigenvalue weighted by Gasteiger charge is -2.07. The van der Waals surface area contributed by atoms with Crippen LogP contribution in [0.5, 0.6) is 0 Å². The number of amides is 1. The van der Waals surface area contributed by atoms with Crippen LogP contribution in [-0.2, 0) is 6.54 Å². The molecule has 0 atom stereocenters. The average Bonchev–Trinajstić information content (AvgIpc) is 2.83. The van der Waals surface area contributed by atoms with Gasteiger partial charge in [0.25, 0.3) is 5.91 Å². The third kappa shape index (κ3) is 3.68. The first-order valence-electron chi connectivity index (χ1n) is 5.78. The van der Waals surface area contributed by atoms with Crippen LogP contribution in [-0.4, -0.2) is 21.9 Å². The molecule has 0 saturated heterocycles. The van der Waals surface area contributed by atoms with Crippen molar-refractivity contribution < 1.29 is 4.79 Å². The van der Waals surface area contributed by atoms with Gasteiger partial charge >= 0.3 is 0 Å². The zero-order valence-electron chi connectivity index (χ0n) is 10.4. The molecule has 0 unspecified atom stereocenters. The molecule has 3 N–H and O–H groups in total. The maximum Gasteiger partial charge on any atom is 0.252 e. The van der Waals surface area contributed by atoms with Crippen LogP contribution in [0.4, 0.5) is 5.13 Å². The van der Waals surface area contributed by atoms with Crippen molar-refractivity contribution in [1.29, 1.82) is 0 Å². The summed E-state index contributed by atoms with van der Waals surface area (Å²) in [5.41, 5.74) is 6.18. The molecule has 2 rings (SSSR count). The number of hydrogen-bond acceptors (Lipinski definition) is 6. The molecule has 0 saturated carbocycles. The van der Waals surface area contributed by atoms with E-state index in [2.05, 4.69) is 22.4 Å². The van der Waals surface area contributed by atoms with E-state index < -0.39 is 0 Å². The maximum absolute atomic E-state index is 12.1. The predicted molar refractivity (Wildman–Crippen MR) is 78.3 cm³/mol. The third-order valence-corrected chi connectivity index (χ3v) is 4.02. The molecule has 7 heteroatoms. The molecule has 0 spiro atoms. The number of thioether (sulfide) groups is 1. The van der Waals surface area contributed by atoms with E-state index in [0.717, 1.165) is 10.6 Å². The average molecular weight is 294 g/mol. The van der Waals surface area contributed by atoms with Crippen molar-refractivity contribution in [2.45, 2.75) is 18.4 Å². The molecule has 2 aromatic rings. The minimum absolute atomic E-state index is 0.106. The highest BCUT2D eigenvalue weighted by Gasteiger charge is 2.11. The molecule has 1 heterocycles. The summed E-state index contributed by atoms with van der Waals surface area (Å²) in [5, 5.41) is 11.5. The minimum Gasteiger partial charge on any atom is -0.374 e. The molecule has 0 aliphatic rings. The number of nitrogen functional groups attached to an aromatic ring is 1. The smallest absolute Gasteiger partial charge is 0.252 e. The van der Waals surface area contributed by atoms with Crippen molar-refractivity contribution in [2.75, 3.05) is 11.5 Å². The quantitative estimate of drug-likeness (QED) is 0.826. The highest BCUT2D eigenvalue weighted by molar-refractivity contribution is 7.99. The second kappa shape index (κ2) is 6.53. The van der Waals surface area contributed by atoms with Gasteiger partial charge in [-0.2, -0.15) is 0 Å². The van der Waals surface area contributed by atoms with Gasteiger partial charge in [-0.15, -0.1) is 22.0 Å². The molecule has 1 amide bonds. The summed E-state index contributed by atoms with van der Waals surface area (Å²) in [6.45, 7) is 2.40. The number of rotatable bonds is 5. The Bertz CT molecular complexity index is 570. The van der Waals surface area contributed by atoms with Crippen LogP contribution in [0.2, 0.25) is 0 Å². The van der Waals surface area contributed by atoms with Crippen LogP contribution in [0.3, 0.4) is 0 Å². The molecular formula is C12H14N4OS2. The second-order valence-corrected chi connectivity index (χ2v) is 6.05. The van der Waals surface area contributed by atoms with Gasteiger partial charge < -0.3 is 11.1 Å². The zero-order valence-corrected chi connectivity index (χ0v) is 12.1. The standard InChI is InChI=1S/C12H14N4OS2/c1-2-18-9-6-4-3-5-8(9)11(17)14-7-10-15-16-12(13)19-10/h3-6H,2,7H2,1H3,(H2,13,16)(H,14,17). The molecule has 100 valence electrons. The third-order valence-electron chi connectivity index (χ3n) is 2.31. The first kappa shape index (κ1) is 13.8. The summed E-state index contributed by atoms with van der Waals surface area (Å²) in [5.74, 6) is 0.822. The lowest BCUT2D eigenvalue weighted by Crippen LogP contribution is -2.23. The van der Waals surface area contributed by atoms with Gasteiger partial charge in [-0.1, -0.05) is 30.4 Å². The van der Waals surface area contributed by atoms with E-state index in [0.29, 0.717) is 22.2 Å². The van der Waals surface area contributed by atoms with Crippen molar-refractivity contribution in [1.82, 2.24) is 15.5 Å². The van der Waals surface area contributed by atoms with Crippen LogP contribution in [0.1, 0.15) is 22.3 Å². The van der Waals surface area contributed by atoms with Gasteiger partial charge in [-0.25, -0.2) is 0 Å². The normalized spacial score (nSPS) is 10.4. The fourth-order valence-electron chi connectivity index (χ4n) is 1.52. The highest BCUT2D eigenvalue weighted by atomic mass is 32.2. The predicted octanol–water partition coefficient (Wildman–Crippen LogP) is 2.16. The van der Waals surface area contributed by atoms with E-state index in [-0.39, 0.29) is 5.91 Å². The Morgan fingerprint density at radius 3 is 2.89 bits per heavy atom. The molecule has 1 aromatic heterocycles. The van der Waals surface area contributed by atoms with E-state index in [1.807, 2.05) is 24.3 Å². The summed E-state index contributed by atoms with van der Waals surface area (Å²) < 4.78 is 0. The number of nitrogens with two attached hydrogens (primary N) is 1. The molecule has 0 bridgehead atoms. The van der Waals surface area contributed by atoms with Crippen LogP contribution < -0.4 is 11.1 Å². The summed E-state index contributed by atoms with van der Waals surface area (Å²) in [6.07, 6.45) is 0. The van der Waals surface area contributed by atoms with Crippen molar-refractivity contribution >= 4 is 34.1 Å². The Hall–Kier alpha value is -1.60. The number of anilines is 1. The van der Waals surface area contributed by atoms with Crippen LogP contribution in [0.25, 0.3) is 0 Å². The monoisotopic (exact) mass is 294 g/mol. The van der Waals surface area contributed by atoms with Crippen molar-refractivity contribution in [3.63, 3.8) is 0 Å². The largest absolute Gasteiger partial charge is 0.374 e. The van der Waals surface area contributed by atoms with Gasteiger partial charge in [0.1, 0.15) is 5.01 Å².